The van der Waals surface area contributed by atoms with Crippen LogP contribution < -0.4 is 5.73 Å². The number of hydrogen-bond acceptors (Lipinski definition) is 4. The number of thioether (sulfide) groups is 1. The van der Waals surface area contributed by atoms with Crippen molar-refractivity contribution < 1.29 is 0 Å². The predicted molar refractivity (Wildman–Crippen MR) is 61.4 cm³/mol. The second kappa shape index (κ2) is 4.35. The molecule has 1 aromatic heterocycles. The molecule has 2 N–H and O–H groups in total. The van der Waals surface area contributed by atoms with Crippen LogP contribution in [0, 0.1) is 0 Å². The fourth-order valence-corrected chi connectivity index (χ4v) is 2.05. The van der Waals surface area contributed by atoms with Gasteiger partial charge in [0.25, 0.3) is 0 Å². The highest BCUT2D eigenvalue weighted by molar-refractivity contribution is 7.98. The summed E-state index contributed by atoms with van der Waals surface area (Å²) < 4.78 is 1.79. The average Bonchev–Trinajstić information content (AvgIpc) is 2.59. The lowest BCUT2D eigenvalue weighted by atomic mass is 10.2. The highest BCUT2D eigenvalue weighted by Crippen LogP contribution is 2.21. The number of benzene rings is 1. The van der Waals surface area contributed by atoms with Crippen LogP contribution >= 0.6 is 11.8 Å². The molecule has 5 heteroatoms. The molecule has 0 unspecified atom stereocenters. The Bertz CT molecular complexity index is 438. The number of nitrogens with two attached hydrogens (primary N) is 1. The van der Waals surface area contributed by atoms with Crippen molar-refractivity contribution in [2.24, 2.45) is 7.05 Å². The minimum atomic E-state index is 0.450. The Morgan fingerprint density at radius 2 is 2.00 bits per heavy atom. The minimum absolute atomic E-state index is 0.450. The Hall–Kier alpha value is -1.49. The quantitative estimate of drug-likeness (QED) is 0.800. The van der Waals surface area contributed by atoms with Crippen LogP contribution in [0.1, 0.15) is 5.56 Å². The number of aromatic nitrogens is 3. The molecule has 2 rings (SSSR count). The van der Waals surface area contributed by atoms with Crippen molar-refractivity contribution in [1.82, 2.24) is 14.8 Å². The molecule has 0 aliphatic carbocycles. The van der Waals surface area contributed by atoms with Gasteiger partial charge in [0.2, 0.25) is 5.95 Å². The molecule has 0 saturated heterocycles. The average molecular weight is 220 g/mol. The van der Waals surface area contributed by atoms with Crippen molar-refractivity contribution in [2.45, 2.75) is 10.9 Å². The van der Waals surface area contributed by atoms with Gasteiger partial charge in [-0.1, -0.05) is 42.1 Å². The van der Waals surface area contributed by atoms with E-state index in [1.807, 2.05) is 25.2 Å². The molecule has 0 amide bonds. The van der Waals surface area contributed by atoms with Crippen LogP contribution in [-0.2, 0) is 12.8 Å². The molecule has 0 saturated carbocycles. The number of rotatable bonds is 3. The van der Waals surface area contributed by atoms with E-state index in [4.69, 9.17) is 5.73 Å². The highest BCUT2D eigenvalue weighted by atomic mass is 32.2. The molecule has 15 heavy (non-hydrogen) atoms. The Kier molecular flexibility index (Phi) is 2.91. The van der Waals surface area contributed by atoms with E-state index in [-0.39, 0.29) is 0 Å². The third-order valence-electron chi connectivity index (χ3n) is 2.08. The standard InChI is InChI=1S/C10H12N4S/c1-14-9(11)12-13-10(14)15-7-8-5-3-2-4-6-8/h2-6H,7H2,1H3,(H2,11,12). The zero-order valence-corrected chi connectivity index (χ0v) is 9.24. The van der Waals surface area contributed by atoms with E-state index in [0.29, 0.717) is 5.95 Å². The molecule has 0 spiro atoms. The first-order valence-corrected chi connectivity index (χ1v) is 5.57. The summed E-state index contributed by atoms with van der Waals surface area (Å²) in [4.78, 5) is 0. The Morgan fingerprint density at radius 3 is 2.60 bits per heavy atom. The Balaban J connectivity index is 2.02. The maximum absolute atomic E-state index is 5.59. The summed E-state index contributed by atoms with van der Waals surface area (Å²) in [6.45, 7) is 0. The monoisotopic (exact) mass is 220 g/mol. The van der Waals surface area contributed by atoms with Gasteiger partial charge in [0.15, 0.2) is 5.16 Å². The first-order valence-electron chi connectivity index (χ1n) is 4.59. The van der Waals surface area contributed by atoms with Gasteiger partial charge in [-0.2, -0.15) is 0 Å². The van der Waals surface area contributed by atoms with Gasteiger partial charge in [-0.15, -0.1) is 10.2 Å². The largest absolute Gasteiger partial charge is 0.368 e. The van der Waals surface area contributed by atoms with Crippen molar-refractivity contribution in [1.29, 1.82) is 0 Å². The van der Waals surface area contributed by atoms with E-state index in [1.165, 1.54) is 5.56 Å². The summed E-state index contributed by atoms with van der Waals surface area (Å²) in [6.07, 6.45) is 0. The van der Waals surface area contributed by atoms with Gasteiger partial charge < -0.3 is 5.73 Å². The van der Waals surface area contributed by atoms with Crippen LogP contribution in [0.2, 0.25) is 0 Å². The van der Waals surface area contributed by atoms with E-state index < -0.39 is 0 Å². The summed E-state index contributed by atoms with van der Waals surface area (Å²) in [5.74, 6) is 1.33. The van der Waals surface area contributed by atoms with Crippen molar-refractivity contribution in [3.63, 3.8) is 0 Å². The molecule has 78 valence electrons. The topological polar surface area (TPSA) is 56.7 Å². The fraction of sp³-hybridized carbons (Fsp3) is 0.200. The van der Waals surface area contributed by atoms with Gasteiger partial charge in [0, 0.05) is 12.8 Å². The van der Waals surface area contributed by atoms with Gasteiger partial charge in [-0.25, -0.2) is 0 Å². The molecule has 0 bridgehead atoms. The van der Waals surface area contributed by atoms with E-state index >= 15 is 0 Å². The molecular weight excluding hydrogens is 208 g/mol. The lowest BCUT2D eigenvalue weighted by molar-refractivity contribution is 0.796. The molecule has 0 aliphatic rings. The number of hydrogen-bond donors (Lipinski definition) is 1. The van der Waals surface area contributed by atoms with E-state index in [0.717, 1.165) is 10.9 Å². The van der Waals surface area contributed by atoms with Crippen LogP contribution in [0.3, 0.4) is 0 Å². The molecule has 0 atom stereocenters. The first-order chi connectivity index (χ1) is 7.27. The van der Waals surface area contributed by atoms with Crippen LogP contribution in [0.25, 0.3) is 0 Å². The second-order valence-corrected chi connectivity index (χ2v) is 4.12. The molecular formula is C10H12N4S. The van der Waals surface area contributed by atoms with Crippen LogP contribution in [0.15, 0.2) is 35.5 Å². The van der Waals surface area contributed by atoms with Gasteiger partial charge in [-0.05, 0) is 5.56 Å². The maximum Gasteiger partial charge on any atom is 0.222 e. The summed E-state index contributed by atoms with van der Waals surface area (Å²) in [5.41, 5.74) is 6.85. The Labute approximate surface area is 92.5 Å². The number of anilines is 1. The zero-order chi connectivity index (χ0) is 10.7. The van der Waals surface area contributed by atoms with Crippen LogP contribution in [-0.4, -0.2) is 14.8 Å². The highest BCUT2D eigenvalue weighted by Gasteiger charge is 2.05. The third-order valence-corrected chi connectivity index (χ3v) is 3.17. The SMILES string of the molecule is Cn1c(N)nnc1SCc1ccccc1. The smallest absolute Gasteiger partial charge is 0.222 e. The molecule has 0 radical (unpaired) electrons. The van der Waals surface area contributed by atoms with Crippen LogP contribution in [0.4, 0.5) is 5.95 Å². The predicted octanol–water partition coefficient (Wildman–Crippen LogP) is 1.69. The maximum atomic E-state index is 5.59. The van der Waals surface area contributed by atoms with Crippen molar-refractivity contribution in [3.8, 4) is 0 Å². The van der Waals surface area contributed by atoms with Gasteiger partial charge >= 0.3 is 0 Å². The van der Waals surface area contributed by atoms with Crippen LogP contribution in [0.5, 0.6) is 0 Å². The summed E-state index contributed by atoms with van der Waals surface area (Å²) in [7, 11) is 1.86. The third kappa shape index (κ3) is 2.30. The summed E-state index contributed by atoms with van der Waals surface area (Å²) >= 11 is 1.63. The van der Waals surface area contributed by atoms with Crippen molar-refractivity contribution in [2.75, 3.05) is 5.73 Å². The molecule has 4 nitrogen and oxygen atoms in total. The second-order valence-electron chi connectivity index (χ2n) is 3.17. The van der Waals surface area contributed by atoms with Gasteiger partial charge in [0.05, 0.1) is 0 Å². The molecule has 0 aliphatic heterocycles. The lowest BCUT2D eigenvalue weighted by Gasteiger charge is -2.01. The van der Waals surface area contributed by atoms with Crippen molar-refractivity contribution >= 4 is 17.7 Å². The molecule has 1 heterocycles. The molecule has 2 aromatic rings. The fourth-order valence-electron chi connectivity index (χ4n) is 1.17. The summed E-state index contributed by atoms with van der Waals surface area (Å²) in [5, 5.41) is 8.62. The summed E-state index contributed by atoms with van der Waals surface area (Å²) in [6, 6.07) is 10.2. The normalized spacial score (nSPS) is 10.5. The van der Waals surface area contributed by atoms with Gasteiger partial charge in [-0.3, -0.25) is 4.57 Å². The van der Waals surface area contributed by atoms with E-state index in [9.17, 15) is 0 Å². The lowest BCUT2D eigenvalue weighted by Crippen LogP contribution is -1.98. The van der Waals surface area contributed by atoms with Crippen molar-refractivity contribution in [3.05, 3.63) is 35.9 Å². The van der Waals surface area contributed by atoms with E-state index in [1.54, 1.807) is 16.3 Å². The molecule has 0 fully saturated rings. The van der Waals surface area contributed by atoms with Gasteiger partial charge in [0.1, 0.15) is 0 Å². The molecule has 1 aromatic carbocycles. The number of nitrogen functional groups attached to an aromatic ring is 1. The first kappa shape index (κ1) is 10.0. The zero-order valence-electron chi connectivity index (χ0n) is 8.42. The van der Waals surface area contributed by atoms with E-state index in [2.05, 4.69) is 22.3 Å². The minimum Gasteiger partial charge on any atom is -0.368 e. The Morgan fingerprint density at radius 1 is 1.27 bits per heavy atom. The number of nitrogens with zero attached hydrogens (tertiary/aromatic N) is 3.